The van der Waals surface area contributed by atoms with E-state index in [2.05, 4.69) is 10.7 Å². The van der Waals surface area contributed by atoms with Gasteiger partial charge in [0.1, 0.15) is 5.82 Å². The van der Waals surface area contributed by atoms with Gasteiger partial charge in [0, 0.05) is 13.1 Å². The summed E-state index contributed by atoms with van der Waals surface area (Å²) in [6, 6.07) is 6.10. The van der Waals surface area contributed by atoms with Gasteiger partial charge in [0.05, 0.1) is 25.4 Å². The number of hydrazine groups is 1. The Kier molecular flexibility index (Phi) is 4.63. The van der Waals surface area contributed by atoms with E-state index in [-0.39, 0.29) is 18.1 Å². The lowest BCUT2D eigenvalue weighted by Gasteiger charge is -2.26. The van der Waals surface area contributed by atoms with Crippen LogP contribution in [0.4, 0.5) is 10.1 Å². The van der Waals surface area contributed by atoms with Crippen molar-refractivity contribution in [2.24, 2.45) is 0 Å². The molecular formula is C12H16FN3O2. The maximum Gasteiger partial charge on any atom is 0.239 e. The second kappa shape index (κ2) is 6.44. The molecule has 0 aromatic heterocycles. The van der Waals surface area contributed by atoms with Crippen molar-refractivity contribution in [2.75, 3.05) is 38.2 Å². The second-order valence-electron chi connectivity index (χ2n) is 3.96. The maximum absolute atomic E-state index is 13.3. The number of carbonyl (C=O) groups is 1. The molecular weight excluding hydrogens is 237 g/mol. The van der Waals surface area contributed by atoms with Crippen molar-refractivity contribution in [3.05, 3.63) is 30.1 Å². The van der Waals surface area contributed by atoms with Crippen LogP contribution in [0.5, 0.6) is 0 Å². The van der Waals surface area contributed by atoms with Crippen LogP contribution in [0.25, 0.3) is 0 Å². The molecule has 1 aliphatic rings. The smallest absolute Gasteiger partial charge is 0.239 e. The summed E-state index contributed by atoms with van der Waals surface area (Å²) in [5, 5.41) is 4.44. The van der Waals surface area contributed by atoms with Crippen molar-refractivity contribution in [1.29, 1.82) is 0 Å². The third kappa shape index (κ3) is 3.76. The summed E-state index contributed by atoms with van der Waals surface area (Å²) in [6.45, 7) is 2.91. The van der Waals surface area contributed by atoms with Gasteiger partial charge in [-0.25, -0.2) is 14.8 Å². The lowest BCUT2D eigenvalue weighted by Crippen LogP contribution is -2.48. The molecule has 0 saturated carbocycles. The topological polar surface area (TPSA) is 53.6 Å². The van der Waals surface area contributed by atoms with Crippen molar-refractivity contribution in [2.45, 2.75) is 0 Å². The van der Waals surface area contributed by atoms with E-state index in [9.17, 15) is 9.18 Å². The van der Waals surface area contributed by atoms with Crippen LogP contribution < -0.4 is 10.7 Å². The van der Waals surface area contributed by atoms with E-state index in [1.165, 1.54) is 12.1 Å². The number of rotatable bonds is 4. The molecule has 0 bridgehead atoms. The Balaban J connectivity index is 1.76. The number of nitrogens with zero attached hydrogens (tertiary/aromatic N) is 1. The van der Waals surface area contributed by atoms with E-state index >= 15 is 0 Å². The highest BCUT2D eigenvalue weighted by molar-refractivity contribution is 5.92. The van der Waals surface area contributed by atoms with E-state index in [0.717, 1.165) is 13.1 Å². The Morgan fingerprint density at radius 3 is 2.78 bits per heavy atom. The van der Waals surface area contributed by atoms with Gasteiger partial charge in [-0.1, -0.05) is 12.1 Å². The molecule has 1 amide bonds. The van der Waals surface area contributed by atoms with Gasteiger partial charge in [-0.15, -0.1) is 0 Å². The Hall–Kier alpha value is -1.50. The fraction of sp³-hybridized carbons (Fsp3) is 0.417. The van der Waals surface area contributed by atoms with Crippen molar-refractivity contribution < 1.29 is 13.9 Å². The number of amides is 1. The molecule has 0 radical (unpaired) electrons. The number of anilines is 1. The van der Waals surface area contributed by atoms with Gasteiger partial charge >= 0.3 is 0 Å². The van der Waals surface area contributed by atoms with Crippen molar-refractivity contribution >= 4 is 11.6 Å². The number of ether oxygens (including phenoxy) is 1. The highest BCUT2D eigenvalue weighted by atomic mass is 19.1. The average Bonchev–Trinajstić information content (AvgIpc) is 2.40. The molecule has 1 fully saturated rings. The van der Waals surface area contributed by atoms with Gasteiger partial charge in [0.2, 0.25) is 5.91 Å². The van der Waals surface area contributed by atoms with E-state index in [1.54, 1.807) is 12.1 Å². The van der Waals surface area contributed by atoms with Crippen LogP contribution in [0, 0.1) is 5.82 Å². The van der Waals surface area contributed by atoms with Crippen LogP contribution in [0.15, 0.2) is 24.3 Å². The predicted octanol–water partition coefficient (Wildman–Crippen LogP) is 0.601. The summed E-state index contributed by atoms with van der Waals surface area (Å²) in [7, 11) is 0. The van der Waals surface area contributed by atoms with Crippen molar-refractivity contribution in [3.63, 3.8) is 0 Å². The number of carbonyl (C=O) groups excluding carboxylic acids is 1. The third-order valence-electron chi connectivity index (χ3n) is 2.62. The summed E-state index contributed by atoms with van der Waals surface area (Å²) in [6.07, 6.45) is 0. The van der Waals surface area contributed by atoms with Crippen LogP contribution >= 0.6 is 0 Å². The number of nitrogens with one attached hydrogen (secondary N) is 2. The van der Waals surface area contributed by atoms with E-state index in [1.807, 2.05) is 5.01 Å². The summed E-state index contributed by atoms with van der Waals surface area (Å²) < 4.78 is 18.5. The fourth-order valence-electron chi connectivity index (χ4n) is 1.66. The Morgan fingerprint density at radius 2 is 2.06 bits per heavy atom. The SMILES string of the molecule is O=C(CNN1CCOCC1)Nc1ccccc1F. The minimum Gasteiger partial charge on any atom is -0.379 e. The highest BCUT2D eigenvalue weighted by Crippen LogP contribution is 2.11. The zero-order chi connectivity index (χ0) is 12.8. The number of morpholine rings is 1. The molecule has 1 heterocycles. The van der Waals surface area contributed by atoms with E-state index < -0.39 is 5.82 Å². The first-order valence-corrected chi connectivity index (χ1v) is 5.86. The maximum atomic E-state index is 13.3. The van der Waals surface area contributed by atoms with Gasteiger partial charge in [0.25, 0.3) is 0 Å². The Bertz CT molecular complexity index is 408. The van der Waals surface area contributed by atoms with Crippen LogP contribution in [0.3, 0.4) is 0 Å². The number of hydrogen-bond acceptors (Lipinski definition) is 4. The third-order valence-corrected chi connectivity index (χ3v) is 2.62. The minimum absolute atomic E-state index is 0.119. The second-order valence-corrected chi connectivity index (χ2v) is 3.96. The summed E-state index contributed by atoms with van der Waals surface area (Å²) >= 11 is 0. The average molecular weight is 253 g/mol. The van der Waals surface area contributed by atoms with Crippen LogP contribution in [-0.4, -0.2) is 43.8 Å². The monoisotopic (exact) mass is 253 g/mol. The predicted molar refractivity (Wildman–Crippen MR) is 65.4 cm³/mol. The molecule has 1 aromatic rings. The lowest BCUT2D eigenvalue weighted by molar-refractivity contribution is -0.116. The fourth-order valence-corrected chi connectivity index (χ4v) is 1.66. The molecule has 98 valence electrons. The molecule has 6 heteroatoms. The molecule has 0 unspecified atom stereocenters. The van der Waals surface area contributed by atoms with Gasteiger partial charge in [-0.05, 0) is 12.1 Å². The molecule has 0 aliphatic carbocycles. The van der Waals surface area contributed by atoms with Gasteiger partial charge in [-0.2, -0.15) is 0 Å². The minimum atomic E-state index is -0.433. The first-order valence-electron chi connectivity index (χ1n) is 5.86. The molecule has 2 N–H and O–H groups in total. The zero-order valence-electron chi connectivity index (χ0n) is 9.99. The summed E-state index contributed by atoms with van der Waals surface area (Å²) in [5.41, 5.74) is 3.18. The molecule has 0 atom stereocenters. The van der Waals surface area contributed by atoms with Crippen LogP contribution in [0.1, 0.15) is 0 Å². The van der Waals surface area contributed by atoms with Gasteiger partial charge < -0.3 is 10.1 Å². The molecule has 1 saturated heterocycles. The van der Waals surface area contributed by atoms with Gasteiger partial charge in [0.15, 0.2) is 0 Å². The molecule has 18 heavy (non-hydrogen) atoms. The van der Waals surface area contributed by atoms with Gasteiger partial charge in [-0.3, -0.25) is 4.79 Å². The Labute approximate surface area is 105 Å². The van der Waals surface area contributed by atoms with E-state index in [0.29, 0.717) is 13.2 Å². The van der Waals surface area contributed by atoms with Crippen LogP contribution in [-0.2, 0) is 9.53 Å². The molecule has 0 spiro atoms. The Morgan fingerprint density at radius 1 is 1.33 bits per heavy atom. The molecule has 1 aliphatic heterocycles. The lowest BCUT2D eigenvalue weighted by atomic mass is 10.3. The van der Waals surface area contributed by atoms with Crippen molar-refractivity contribution in [3.8, 4) is 0 Å². The standard InChI is InChI=1S/C12H16FN3O2/c13-10-3-1-2-4-11(10)15-12(17)9-14-16-5-7-18-8-6-16/h1-4,14H,5-9H2,(H,15,17). The van der Waals surface area contributed by atoms with Crippen LogP contribution in [0.2, 0.25) is 0 Å². The quantitative estimate of drug-likeness (QED) is 0.825. The number of halogens is 1. The number of para-hydroxylation sites is 1. The number of hydrogen-bond donors (Lipinski definition) is 2. The normalized spacial score (nSPS) is 16.5. The first-order chi connectivity index (χ1) is 8.75. The molecule has 2 rings (SSSR count). The number of benzene rings is 1. The molecule has 5 nitrogen and oxygen atoms in total. The highest BCUT2D eigenvalue weighted by Gasteiger charge is 2.11. The zero-order valence-corrected chi connectivity index (χ0v) is 9.99. The first kappa shape index (κ1) is 12.9. The summed E-state index contributed by atoms with van der Waals surface area (Å²) in [5.74, 6) is -0.705. The molecule has 1 aromatic carbocycles. The summed E-state index contributed by atoms with van der Waals surface area (Å²) in [4.78, 5) is 11.6. The largest absolute Gasteiger partial charge is 0.379 e. The van der Waals surface area contributed by atoms with E-state index in [4.69, 9.17) is 4.74 Å². The van der Waals surface area contributed by atoms with Crippen molar-refractivity contribution in [1.82, 2.24) is 10.4 Å².